The van der Waals surface area contributed by atoms with E-state index in [2.05, 4.69) is 22.1 Å². The predicted octanol–water partition coefficient (Wildman–Crippen LogP) is 2.18. The quantitative estimate of drug-likeness (QED) is 0.884. The lowest BCUT2D eigenvalue weighted by molar-refractivity contribution is -0.122. The summed E-state index contributed by atoms with van der Waals surface area (Å²) < 4.78 is 0. The highest BCUT2D eigenvalue weighted by Gasteiger charge is 2.16. The van der Waals surface area contributed by atoms with Crippen LogP contribution in [0, 0.1) is 5.92 Å². The second-order valence-electron chi connectivity index (χ2n) is 4.31. The van der Waals surface area contributed by atoms with Crippen LogP contribution in [-0.4, -0.2) is 19.0 Å². The van der Waals surface area contributed by atoms with E-state index in [0.717, 1.165) is 25.9 Å². The van der Waals surface area contributed by atoms with Gasteiger partial charge in [-0.25, -0.2) is 0 Å². The van der Waals surface area contributed by atoms with Crippen LogP contribution >= 0.6 is 23.7 Å². The molecule has 1 aliphatic heterocycles. The smallest absolute Gasteiger partial charge is 0.220 e. The van der Waals surface area contributed by atoms with Gasteiger partial charge in [-0.2, -0.15) is 11.3 Å². The van der Waals surface area contributed by atoms with E-state index >= 15 is 0 Å². The number of hydrogen-bond donors (Lipinski definition) is 2. The molecule has 0 aliphatic carbocycles. The Kier molecular flexibility index (Phi) is 6.55. The maximum atomic E-state index is 11.7. The number of amides is 1. The first kappa shape index (κ1) is 14.5. The molecule has 1 amide bonds. The first-order valence-corrected chi connectivity index (χ1v) is 6.77. The molecule has 1 aromatic rings. The molecule has 3 nitrogen and oxygen atoms in total. The predicted molar refractivity (Wildman–Crippen MR) is 73.6 cm³/mol. The van der Waals surface area contributed by atoms with Crippen LogP contribution in [-0.2, 0) is 11.3 Å². The van der Waals surface area contributed by atoms with Crippen molar-refractivity contribution in [3.05, 3.63) is 22.4 Å². The third-order valence-corrected chi connectivity index (χ3v) is 3.73. The summed E-state index contributed by atoms with van der Waals surface area (Å²) in [6.45, 7) is 2.79. The average Bonchev–Trinajstić information content (AvgIpc) is 2.81. The topological polar surface area (TPSA) is 41.1 Å². The van der Waals surface area contributed by atoms with Gasteiger partial charge in [0.05, 0.1) is 0 Å². The van der Waals surface area contributed by atoms with Crippen molar-refractivity contribution in [2.24, 2.45) is 5.92 Å². The zero-order valence-electron chi connectivity index (χ0n) is 9.78. The number of nitrogens with one attached hydrogen (secondary N) is 2. The van der Waals surface area contributed by atoms with Crippen molar-refractivity contribution in [2.45, 2.75) is 25.8 Å². The number of rotatable bonds is 4. The van der Waals surface area contributed by atoms with E-state index in [0.29, 0.717) is 18.9 Å². The largest absolute Gasteiger partial charge is 0.352 e. The van der Waals surface area contributed by atoms with Crippen molar-refractivity contribution in [3.8, 4) is 0 Å². The molecule has 1 aromatic heterocycles. The van der Waals surface area contributed by atoms with Gasteiger partial charge in [0.2, 0.25) is 5.91 Å². The van der Waals surface area contributed by atoms with Crippen molar-refractivity contribution < 1.29 is 4.79 Å². The minimum Gasteiger partial charge on any atom is -0.352 e. The molecule has 0 unspecified atom stereocenters. The molecule has 1 saturated heterocycles. The van der Waals surface area contributed by atoms with Crippen LogP contribution in [0.2, 0.25) is 0 Å². The Morgan fingerprint density at radius 2 is 2.24 bits per heavy atom. The summed E-state index contributed by atoms with van der Waals surface area (Å²) in [4.78, 5) is 11.7. The summed E-state index contributed by atoms with van der Waals surface area (Å²) in [7, 11) is 0. The normalized spacial score (nSPS) is 16.2. The maximum absolute atomic E-state index is 11.7. The molecule has 0 atom stereocenters. The lowest BCUT2D eigenvalue weighted by Gasteiger charge is -2.21. The van der Waals surface area contributed by atoms with Crippen LogP contribution in [0.4, 0.5) is 0 Å². The summed E-state index contributed by atoms with van der Waals surface area (Å²) in [6.07, 6.45) is 2.95. The van der Waals surface area contributed by atoms with Crippen LogP contribution in [0.3, 0.4) is 0 Å². The van der Waals surface area contributed by atoms with Gasteiger partial charge in [-0.15, -0.1) is 12.4 Å². The van der Waals surface area contributed by atoms with Crippen LogP contribution in [0.5, 0.6) is 0 Å². The Balaban J connectivity index is 0.00000144. The van der Waals surface area contributed by atoms with E-state index < -0.39 is 0 Å². The number of thiophene rings is 1. The molecule has 2 heterocycles. The summed E-state index contributed by atoms with van der Waals surface area (Å²) >= 11 is 1.67. The SMILES string of the molecule is Cl.O=C(CC1CCNCC1)NCc1ccsc1. The Bertz CT molecular complexity index is 323. The summed E-state index contributed by atoms with van der Waals surface area (Å²) in [6, 6.07) is 2.05. The fourth-order valence-corrected chi connectivity index (χ4v) is 2.68. The third-order valence-electron chi connectivity index (χ3n) is 3.00. The number of piperidine rings is 1. The van der Waals surface area contributed by atoms with Crippen molar-refractivity contribution in [3.63, 3.8) is 0 Å². The highest BCUT2D eigenvalue weighted by molar-refractivity contribution is 7.07. The van der Waals surface area contributed by atoms with Gasteiger partial charge in [0, 0.05) is 13.0 Å². The van der Waals surface area contributed by atoms with E-state index in [1.54, 1.807) is 11.3 Å². The van der Waals surface area contributed by atoms with E-state index in [4.69, 9.17) is 0 Å². The highest BCUT2D eigenvalue weighted by Crippen LogP contribution is 2.15. The van der Waals surface area contributed by atoms with Crippen molar-refractivity contribution in [1.29, 1.82) is 0 Å². The van der Waals surface area contributed by atoms with Gasteiger partial charge < -0.3 is 10.6 Å². The molecule has 0 aromatic carbocycles. The Morgan fingerprint density at radius 3 is 2.88 bits per heavy atom. The second-order valence-corrected chi connectivity index (χ2v) is 5.09. The van der Waals surface area contributed by atoms with Gasteiger partial charge in [0.15, 0.2) is 0 Å². The van der Waals surface area contributed by atoms with Crippen molar-refractivity contribution >= 4 is 29.7 Å². The number of carbonyl (C=O) groups excluding carboxylic acids is 1. The van der Waals surface area contributed by atoms with Crippen LogP contribution in [0.15, 0.2) is 16.8 Å². The fraction of sp³-hybridized carbons (Fsp3) is 0.583. The molecule has 2 N–H and O–H groups in total. The molecule has 5 heteroatoms. The molecule has 1 fully saturated rings. The van der Waals surface area contributed by atoms with Crippen LogP contribution in [0.1, 0.15) is 24.8 Å². The van der Waals surface area contributed by atoms with Gasteiger partial charge in [0.25, 0.3) is 0 Å². The molecular weight excluding hydrogens is 256 g/mol. The minimum atomic E-state index is 0. The number of halogens is 1. The third kappa shape index (κ3) is 5.06. The van der Waals surface area contributed by atoms with Crippen molar-refractivity contribution in [1.82, 2.24) is 10.6 Å². The zero-order valence-corrected chi connectivity index (χ0v) is 11.4. The van der Waals surface area contributed by atoms with E-state index in [9.17, 15) is 4.79 Å². The van der Waals surface area contributed by atoms with Gasteiger partial charge in [-0.05, 0) is 54.2 Å². The lowest BCUT2D eigenvalue weighted by atomic mass is 9.94. The van der Waals surface area contributed by atoms with Gasteiger partial charge >= 0.3 is 0 Å². The molecule has 17 heavy (non-hydrogen) atoms. The standard InChI is InChI=1S/C12H18N2OS.ClH/c15-12(7-10-1-4-13-5-2-10)14-8-11-3-6-16-9-11;/h3,6,9-10,13H,1-2,4-5,7-8H2,(H,14,15);1H. The first-order chi connectivity index (χ1) is 7.84. The minimum absolute atomic E-state index is 0. The average molecular weight is 275 g/mol. The first-order valence-electron chi connectivity index (χ1n) is 5.83. The summed E-state index contributed by atoms with van der Waals surface area (Å²) in [5, 5.41) is 10.4. The summed E-state index contributed by atoms with van der Waals surface area (Å²) in [5.74, 6) is 0.766. The Labute approximate surface area is 112 Å². The number of hydrogen-bond acceptors (Lipinski definition) is 3. The fourth-order valence-electron chi connectivity index (χ4n) is 2.01. The van der Waals surface area contributed by atoms with Crippen molar-refractivity contribution in [2.75, 3.05) is 13.1 Å². The van der Waals surface area contributed by atoms with Gasteiger partial charge in [0.1, 0.15) is 0 Å². The van der Waals surface area contributed by atoms with E-state index in [1.165, 1.54) is 5.56 Å². The molecule has 0 spiro atoms. The molecular formula is C12H19ClN2OS. The molecule has 96 valence electrons. The molecule has 0 saturated carbocycles. The molecule has 2 rings (SSSR count). The van der Waals surface area contributed by atoms with Crippen LogP contribution < -0.4 is 10.6 Å². The molecule has 0 bridgehead atoms. The molecule has 0 radical (unpaired) electrons. The Hall–Kier alpha value is -0.580. The highest BCUT2D eigenvalue weighted by atomic mass is 35.5. The Morgan fingerprint density at radius 1 is 1.47 bits per heavy atom. The van der Waals surface area contributed by atoms with Crippen LogP contribution in [0.25, 0.3) is 0 Å². The van der Waals surface area contributed by atoms with Gasteiger partial charge in [-0.3, -0.25) is 4.79 Å². The second kappa shape index (κ2) is 7.69. The van der Waals surface area contributed by atoms with Gasteiger partial charge in [-0.1, -0.05) is 0 Å². The molecule has 1 aliphatic rings. The van der Waals surface area contributed by atoms with E-state index in [-0.39, 0.29) is 18.3 Å². The lowest BCUT2D eigenvalue weighted by Crippen LogP contribution is -2.32. The van der Waals surface area contributed by atoms with E-state index in [1.807, 2.05) is 5.38 Å². The maximum Gasteiger partial charge on any atom is 0.220 e. The zero-order chi connectivity index (χ0) is 11.2. The number of carbonyl (C=O) groups is 1. The monoisotopic (exact) mass is 274 g/mol. The summed E-state index contributed by atoms with van der Waals surface area (Å²) in [5.41, 5.74) is 1.20.